The molecular weight excluding hydrogens is 343 g/mol. The van der Waals surface area contributed by atoms with E-state index in [1.807, 2.05) is 34.7 Å². The molecule has 0 atom stereocenters. The summed E-state index contributed by atoms with van der Waals surface area (Å²) in [6.07, 6.45) is 8.81. The maximum absolute atomic E-state index is 12.8. The number of phenolic OH excluding ortho intramolecular Hbond substituents is 1. The smallest absolute Gasteiger partial charge is 0.336 e. The summed E-state index contributed by atoms with van der Waals surface area (Å²) in [7, 11) is 1.91. The Bertz CT molecular complexity index is 1030. The van der Waals surface area contributed by atoms with Gasteiger partial charge in [0.05, 0.1) is 10.9 Å². The van der Waals surface area contributed by atoms with E-state index in [0.29, 0.717) is 29.4 Å². The van der Waals surface area contributed by atoms with E-state index >= 15 is 0 Å². The molecule has 0 aliphatic carbocycles. The monoisotopic (exact) mass is 366 g/mol. The van der Waals surface area contributed by atoms with Crippen molar-refractivity contribution in [1.82, 2.24) is 0 Å². The molecule has 1 aromatic heterocycles. The first-order valence-electron chi connectivity index (χ1n) is 9.23. The lowest BCUT2D eigenvalue weighted by atomic mass is 9.92. The molecule has 27 heavy (non-hydrogen) atoms. The van der Waals surface area contributed by atoms with E-state index in [0.717, 1.165) is 12.0 Å². The van der Waals surface area contributed by atoms with Crippen LogP contribution in [-0.2, 0) is 6.42 Å². The number of hydrogen-bond donors (Lipinski definition) is 1. The average Bonchev–Trinajstić information content (AvgIpc) is 2.58. The average molecular weight is 366 g/mol. The van der Waals surface area contributed by atoms with Crippen LogP contribution >= 0.6 is 0 Å². The third kappa shape index (κ3) is 3.44. The van der Waals surface area contributed by atoms with Gasteiger partial charge in [0.25, 0.3) is 0 Å². The van der Waals surface area contributed by atoms with Crippen molar-refractivity contribution in [3.05, 3.63) is 51.4 Å². The minimum Gasteiger partial charge on any atom is -0.506 e. The number of benzene rings is 1. The van der Waals surface area contributed by atoms with E-state index in [1.165, 1.54) is 12.1 Å². The normalized spacial score (nSPS) is 15.1. The van der Waals surface area contributed by atoms with Crippen molar-refractivity contribution in [2.75, 3.05) is 0 Å². The number of aromatic hydroxyl groups is 1. The highest BCUT2D eigenvalue weighted by molar-refractivity contribution is 6.17. The van der Waals surface area contributed by atoms with Gasteiger partial charge in [0.2, 0.25) is 0 Å². The molecule has 2 heterocycles. The van der Waals surface area contributed by atoms with Crippen LogP contribution in [0.5, 0.6) is 11.5 Å². The topological polar surface area (TPSA) is 76.7 Å². The molecule has 0 amide bonds. The third-order valence-electron chi connectivity index (χ3n) is 4.52. The van der Waals surface area contributed by atoms with Crippen LogP contribution < -0.4 is 10.4 Å². The maximum atomic E-state index is 12.8. The van der Waals surface area contributed by atoms with Gasteiger partial charge in [0.1, 0.15) is 30.5 Å². The summed E-state index contributed by atoms with van der Waals surface area (Å²) in [5.41, 5.74) is 0.125. The van der Waals surface area contributed by atoms with Crippen molar-refractivity contribution >= 4 is 30.7 Å². The fourth-order valence-electron chi connectivity index (χ4n) is 3.30. The number of aryl methyl sites for hydroxylation is 1. The Morgan fingerprint density at radius 2 is 2.11 bits per heavy atom. The summed E-state index contributed by atoms with van der Waals surface area (Å²) in [6.45, 7) is 5.81. The molecule has 1 aliphatic heterocycles. The Labute approximate surface area is 158 Å². The molecule has 0 spiro atoms. The van der Waals surface area contributed by atoms with Gasteiger partial charge in [-0.1, -0.05) is 25.7 Å². The van der Waals surface area contributed by atoms with Crippen LogP contribution in [0.15, 0.2) is 33.5 Å². The molecule has 0 unspecified atom stereocenters. The largest absolute Gasteiger partial charge is 0.506 e. The molecule has 1 aliphatic rings. The first-order valence-corrected chi connectivity index (χ1v) is 9.23. The summed E-state index contributed by atoms with van der Waals surface area (Å²) in [5.74, 6) is -0.192. The lowest BCUT2D eigenvalue weighted by Gasteiger charge is -2.30. The molecule has 3 rings (SSSR count). The molecule has 0 bridgehead atoms. The van der Waals surface area contributed by atoms with Crippen LogP contribution in [0.2, 0.25) is 6.32 Å². The first-order chi connectivity index (χ1) is 12.8. The summed E-state index contributed by atoms with van der Waals surface area (Å²) in [4.78, 5) is 24.9. The summed E-state index contributed by atoms with van der Waals surface area (Å²) >= 11 is 0. The molecule has 6 heteroatoms. The second-order valence-electron chi connectivity index (χ2n) is 7.22. The Morgan fingerprint density at radius 1 is 1.37 bits per heavy atom. The minimum atomic E-state index is -0.584. The SMILES string of the molecule is BC/C=C/C(=O)c1c(O)c2c(c3c(CCC)cc(=O)oc13)OC(C)(C)C=C2. The number of rotatable bonds is 5. The highest BCUT2D eigenvalue weighted by atomic mass is 16.5. The predicted molar refractivity (Wildman–Crippen MR) is 109 cm³/mol. The summed E-state index contributed by atoms with van der Waals surface area (Å²) < 4.78 is 11.5. The predicted octanol–water partition coefficient (Wildman–Crippen LogP) is 3.43. The fourth-order valence-corrected chi connectivity index (χ4v) is 3.30. The minimum absolute atomic E-state index is 0.00328. The number of hydrogen-bond acceptors (Lipinski definition) is 5. The van der Waals surface area contributed by atoms with Crippen LogP contribution in [0.3, 0.4) is 0 Å². The molecule has 140 valence electrons. The molecule has 0 saturated carbocycles. The van der Waals surface area contributed by atoms with Crippen LogP contribution in [-0.4, -0.2) is 24.3 Å². The van der Waals surface area contributed by atoms with E-state index in [-0.39, 0.29) is 16.9 Å². The standard InChI is InChI=1S/C21H23BO5/c1-4-6-12-11-15(24)26-20-16(12)19-13(8-9-21(2,3)27-19)18(25)17(20)14(23)7-5-10-22/h5,7-9,11,25H,4,6,10,22H2,1-3H3/b7-5+. The number of phenols is 1. The van der Waals surface area contributed by atoms with Crippen LogP contribution in [0.25, 0.3) is 17.0 Å². The molecular formula is C21H23BO5. The van der Waals surface area contributed by atoms with Gasteiger partial charge in [-0.3, -0.25) is 4.79 Å². The quantitative estimate of drug-likeness (QED) is 0.380. The summed E-state index contributed by atoms with van der Waals surface area (Å²) in [5, 5.41) is 11.4. The zero-order valence-corrected chi connectivity index (χ0v) is 16.1. The summed E-state index contributed by atoms with van der Waals surface area (Å²) in [6, 6.07) is 1.44. The molecule has 0 radical (unpaired) electrons. The maximum Gasteiger partial charge on any atom is 0.336 e. The lowest BCUT2D eigenvalue weighted by Crippen LogP contribution is -2.28. The molecule has 1 N–H and O–H groups in total. The second-order valence-corrected chi connectivity index (χ2v) is 7.22. The van der Waals surface area contributed by atoms with E-state index in [2.05, 4.69) is 0 Å². The number of ketones is 1. The van der Waals surface area contributed by atoms with Gasteiger partial charge >= 0.3 is 5.63 Å². The molecule has 5 nitrogen and oxygen atoms in total. The molecule has 0 fully saturated rings. The van der Waals surface area contributed by atoms with Gasteiger partial charge in [0.15, 0.2) is 11.4 Å². The fraction of sp³-hybridized carbons (Fsp3) is 0.333. The van der Waals surface area contributed by atoms with Crippen LogP contribution in [0, 0.1) is 0 Å². The van der Waals surface area contributed by atoms with Gasteiger partial charge in [-0.2, -0.15) is 0 Å². The Hall–Kier alpha value is -2.76. The zero-order chi connectivity index (χ0) is 19.8. The highest BCUT2D eigenvalue weighted by Gasteiger charge is 2.31. The lowest BCUT2D eigenvalue weighted by molar-refractivity contribution is 0.104. The van der Waals surface area contributed by atoms with Crippen LogP contribution in [0.1, 0.15) is 48.7 Å². The van der Waals surface area contributed by atoms with Crippen molar-refractivity contribution in [3.63, 3.8) is 0 Å². The first kappa shape index (κ1) is 19.0. The van der Waals surface area contributed by atoms with E-state index in [1.54, 1.807) is 12.2 Å². The Balaban J connectivity index is 2.47. The zero-order valence-electron chi connectivity index (χ0n) is 16.1. The van der Waals surface area contributed by atoms with Gasteiger partial charge in [0, 0.05) is 6.07 Å². The van der Waals surface area contributed by atoms with Gasteiger partial charge < -0.3 is 14.3 Å². The van der Waals surface area contributed by atoms with Crippen molar-refractivity contribution < 1.29 is 19.1 Å². The van der Waals surface area contributed by atoms with Crippen molar-refractivity contribution in [2.24, 2.45) is 0 Å². The van der Waals surface area contributed by atoms with Crippen LogP contribution in [0.4, 0.5) is 0 Å². The molecule has 0 saturated heterocycles. The molecule has 2 aromatic rings. The van der Waals surface area contributed by atoms with Crippen molar-refractivity contribution in [2.45, 2.75) is 45.5 Å². The second kappa shape index (κ2) is 7.10. The van der Waals surface area contributed by atoms with Gasteiger partial charge in [-0.25, -0.2) is 4.79 Å². The number of carbonyl (C=O) groups is 1. The van der Waals surface area contributed by atoms with Gasteiger partial charge in [-0.15, -0.1) is 0 Å². The van der Waals surface area contributed by atoms with E-state index in [9.17, 15) is 14.7 Å². The molecule has 1 aromatic carbocycles. The van der Waals surface area contributed by atoms with Crippen molar-refractivity contribution in [3.8, 4) is 11.5 Å². The van der Waals surface area contributed by atoms with Crippen molar-refractivity contribution in [1.29, 1.82) is 0 Å². The van der Waals surface area contributed by atoms with Gasteiger partial charge in [-0.05, 0) is 44.1 Å². The third-order valence-corrected chi connectivity index (χ3v) is 4.52. The number of fused-ring (bicyclic) bond motifs is 3. The Kier molecular flexibility index (Phi) is 5.00. The number of ether oxygens (including phenoxy) is 1. The van der Waals surface area contributed by atoms with E-state index in [4.69, 9.17) is 9.15 Å². The van der Waals surface area contributed by atoms with E-state index < -0.39 is 17.0 Å². The number of allylic oxidation sites excluding steroid dienone is 2. The Morgan fingerprint density at radius 3 is 2.78 bits per heavy atom. The highest BCUT2D eigenvalue weighted by Crippen LogP contribution is 2.46. The number of carbonyl (C=O) groups excluding carboxylic acids is 1.